The van der Waals surface area contributed by atoms with Gasteiger partial charge >= 0.3 is 0 Å². The van der Waals surface area contributed by atoms with Gasteiger partial charge in [0.1, 0.15) is 45.6 Å². The van der Waals surface area contributed by atoms with Gasteiger partial charge in [0.2, 0.25) is 44.8 Å². The SMILES string of the molecule is Cc1cc(C)c(C)c(-c2ccc3c(C(C)C)c(F)ccc3[n+]2C)c1.Cc1cc(C)c(C)c(-c2ccc3c(C(C)C)cc(C(C)C)cc3[n+]2C)c1.Cc1ccc(C)c(-c2ccc3c(C(C)C)c(F)ccc3[n+]2C)c1.Cc1ccc(C)c(-c2ccc3cc(F)c(C(C)C)cc3[n+]2C)c1. The number of rotatable bonds is 9. The normalized spacial score (nSPS) is 11.5. The van der Waals surface area contributed by atoms with Gasteiger partial charge in [0.25, 0.3) is 0 Å². The fourth-order valence-electron chi connectivity index (χ4n) is 14.1. The number of hydrogen-bond donors (Lipinski definition) is 0. The largest absolute Gasteiger partial charge is 0.213 e. The maximum Gasteiger partial charge on any atom is 0.213 e. The topological polar surface area (TPSA) is 15.5 Å². The van der Waals surface area contributed by atoms with Crippen LogP contribution in [-0.2, 0) is 28.2 Å². The Bertz CT molecular complexity index is 4880. The van der Waals surface area contributed by atoms with E-state index in [1.54, 1.807) is 18.2 Å². The summed E-state index contributed by atoms with van der Waals surface area (Å²) in [6.45, 7) is 42.9. The first-order valence-corrected chi connectivity index (χ1v) is 34.4. The number of hydrogen-bond acceptors (Lipinski definition) is 0. The number of pyridine rings is 4. The third-order valence-electron chi connectivity index (χ3n) is 19.9. The molecule has 496 valence electrons. The lowest BCUT2D eigenvalue weighted by molar-refractivity contribution is -0.633. The van der Waals surface area contributed by atoms with Crippen LogP contribution in [0.2, 0.25) is 0 Å². The molecule has 0 fully saturated rings. The molecule has 0 aliphatic heterocycles. The van der Waals surface area contributed by atoms with E-state index >= 15 is 0 Å². The molecule has 0 N–H and O–H groups in total. The molecule has 0 spiro atoms. The van der Waals surface area contributed by atoms with Gasteiger partial charge < -0.3 is 0 Å². The second kappa shape index (κ2) is 29.3. The molecule has 7 heteroatoms. The molecule has 0 saturated heterocycles. The van der Waals surface area contributed by atoms with Crippen LogP contribution in [0.5, 0.6) is 0 Å². The van der Waals surface area contributed by atoms with E-state index in [9.17, 15) is 13.2 Å². The average Bonchev–Trinajstić information content (AvgIpc) is 0.784. The molecule has 96 heavy (non-hydrogen) atoms. The Morgan fingerprint density at radius 3 is 1.07 bits per heavy atom. The van der Waals surface area contributed by atoms with Crippen molar-refractivity contribution in [2.45, 2.75) is 168 Å². The molecule has 0 aliphatic carbocycles. The average molecular weight is 1290 g/mol. The minimum absolute atomic E-state index is 0.118. The smallest absolute Gasteiger partial charge is 0.207 e. The van der Waals surface area contributed by atoms with Crippen LogP contribution in [0.4, 0.5) is 13.2 Å². The van der Waals surface area contributed by atoms with E-state index in [1.807, 2.05) is 65.8 Å². The second-order valence-electron chi connectivity index (χ2n) is 28.8. The van der Waals surface area contributed by atoms with E-state index in [4.69, 9.17) is 0 Å². The van der Waals surface area contributed by atoms with Gasteiger partial charge in [-0.15, -0.1) is 0 Å². The van der Waals surface area contributed by atoms with Crippen LogP contribution in [-0.4, -0.2) is 0 Å². The van der Waals surface area contributed by atoms with E-state index in [-0.39, 0.29) is 35.2 Å². The molecule has 0 atom stereocenters. The highest BCUT2D eigenvalue weighted by atomic mass is 19.1. The third-order valence-corrected chi connectivity index (χ3v) is 19.9. The summed E-state index contributed by atoms with van der Waals surface area (Å²) in [7, 11) is 8.39. The van der Waals surface area contributed by atoms with Gasteiger partial charge in [-0.2, -0.15) is 18.3 Å². The van der Waals surface area contributed by atoms with Crippen molar-refractivity contribution in [2.75, 3.05) is 0 Å². The van der Waals surface area contributed by atoms with Gasteiger partial charge in [0, 0.05) is 92.7 Å². The van der Waals surface area contributed by atoms with Gasteiger partial charge in [0.05, 0.1) is 10.8 Å². The molecular weight excluding hydrogens is 1180 g/mol. The van der Waals surface area contributed by atoms with Gasteiger partial charge in [-0.1, -0.05) is 134 Å². The molecular formula is C89H103F3N4+4. The van der Waals surface area contributed by atoms with Crippen LogP contribution < -0.4 is 18.3 Å². The van der Waals surface area contributed by atoms with E-state index in [1.165, 1.54) is 106 Å². The summed E-state index contributed by atoms with van der Waals surface area (Å²) >= 11 is 0. The summed E-state index contributed by atoms with van der Waals surface area (Å²) in [5.74, 6) is 1.18. The molecule has 0 radical (unpaired) electrons. The predicted molar refractivity (Wildman–Crippen MR) is 400 cm³/mol. The van der Waals surface area contributed by atoms with Crippen LogP contribution in [0.3, 0.4) is 0 Å². The highest BCUT2D eigenvalue weighted by Crippen LogP contribution is 2.36. The Hall–Kier alpha value is -8.81. The molecule has 4 nitrogen and oxygen atoms in total. The van der Waals surface area contributed by atoms with Crippen LogP contribution in [0.1, 0.15) is 182 Å². The van der Waals surface area contributed by atoms with Crippen LogP contribution in [0, 0.1) is 86.7 Å². The molecule has 12 aromatic rings. The minimum atomic E-state index is -0.119. The van der Waals surface area contributed by atoms with E-state index in [2.05, 4.69) is 259 Å². The Labute approximate surface area is 571 Å². The standard InChI is InChI=1S/C25H32N.C22H25FN.2C21H23FN/c1-15(2)20-13-22(16(3)4)21-9-10-24(26(8)25(21)14-20)23-12-17(5)11-18(6)19(23)7;1-13(2)22-17-7-9-21(24(6)20(17)10-8-19(22)23)18-12-14(3)11-15(4)16(18)5;1-13(2)21-16-8-10-20(17-12-14(3)6-7-15(17)4)23(5)19(16)11-9-18(21)22;1-13(2)17-12-21-16(11-19(17)22)8-9-20(23(21)5)18-10-14(3)6-7-15(18)4/h9-16H,1-8H3;7-13H,1-6H3;2*6-13H,1-5H3/q4*+1. The predicted octanol–water partition coefficient (Wildman–Crippen LogP) is 22.4. The molecule has 12 rings (SSSR count). The maximum absolute atomic E-state index is 14.3. The first-order valence-electron chi connectivity index (χ1n) is 34.4. The zero-order chi connectivity index (χ0) is 70.2. The fraction of sp³-hybridized carbons (Fsp3) is 0.326. The Balaban J connectivity index is 0.000000150. The van der Waals surface area contributed by atoms with Crippen molar-refractivity contribution in [1.29, 1.82) is 0 Å². The zero-order valence-corrected chi connectivity index (χ0v) is 61.8. The quantitative estimate of drug-likeness (QED) is 0.128. The number of aromatic nitrogens is 4. The molecule has 0 amide bonds. The molecule has 0 aliphatic rings. The number of benzene rings is 8. The highest BCUT2D eigenvalue weighted by molar-refractivity contribution is 5.85. The number of fused-ring (bicyclic) bond motifs is 4. The molecule has 0 unspecified atom stereocenters. The second-order valence-corrected chi connectivity index (χ2v) is 28.8. The zero-order valence-electron chi connectivity index (χ0n) is 61.8. The van der Waals surface area contributed by atoms with Crippen molar-refractivity contribution in [1.82, 2.24) is 0 Å². The summed E-state index contributed by atoms with van der Waals surface area (Å²) in [5.41, 5.74) is 32.4. The van der Waals surface area contributed by atoms with Crippen LogP contribution >= 0.6 is 0 Å². The Morgan fingerprint density at radius 2 is 0.656 bits per heavy atom. The van der Waals surface area contributed by atoms with Gasteiger partial charge in [0.15, 0.2) is 0 Å². The summed E-state index contributed by atoms with van der Waals surface area (Å²) in [5, 5.41) is 4.30. The van der Waals surface area contributed by atoms with Gasteiger partial charge in [-0.05, 0) is 216 Å². The molecule has 4 aromatic heterocycles. The molecule has 8 aromatic carbocycles. The number of halogens is 3. The highest BCUT2D eigenvalue weighted by Gasteiger charge is 2.26. The minimum Gasteiger partial charge on any atom is -0.207 e. The lowest BCUT2D eigenvalue weighted by atomic mass is 9.91. The van der Waals surface area contributed by atoms with Crippen molar-refractivity contribution in [3.8, 4) is 45.0 Å². The molecule has 0 bridgehead atoms. The first kappa shape index (κ1) is 71.5. The van der Waals surface area contributed by atoms with E-state index < -0.39 is 0 Å². The fourth-order valence-corrected chi connectivity index (χ4v) is 14.1. The van der Waals surface area contributed by atoms with Gasteiger partial charge in [-0.25, -0.2) is 13.2 Å². The maximum atomic E-state index is 14.3. The lowest BCUT2D eigenvalue weighted by Crippen LogP contribution is -2.32. The van der Waals surface area contributed by atoms with Gasteiger partial charge in [-0.3, -0.25) is 0 Å². The van der Waals surface area contributed by atoms with Crippen LogP contribution in [0.15, 0.2) is 158 Å². The van der Waals surface area contributed by atoms with Crippen molar-refractivity contribution >= 4 is 43.6 Å². The monoisotopic (exact) mass is 1280 g/mol. The first-order chi connectivity index (χ1) is 45.3. The molecule has 0 saturated carbocycles. The van der Waals surface area contributed by atoms with Crippen LogP contribution in [0.25, 0.3) is 88.6 Å². The summed E-state index contributed by atoms with van der Waals surface area (Å²) < 4.78 is 51.7. The van der Waals surface area contributed by atoms with Crippen molar-refractivity contribution in [2.24, 2.45) is 28.2 Å². The number of nitrogens with zero attached hydrogens (tertiary/aromatic N) is 4. The lowest BCUT2D eigenvalue weighted by Gasteiger charge is -2.15. The van der Waals surface area contributed by atoms with Crippen molar-refractivity contribution < 1.29 is 31.4 Å². The Kier molecular flexibility index (Phi) is 21.8. The summed E-state index contributed by atoms with van der Waals surface area (Å²) in [6, 6.07) is 54.5. The van der Waals surface area contributed by atoms with E-state index in [0.29, 0.717) is 11.8 Å². The van der Waals surface area contributed by atoms with Crippen molar-refractivity contribution in [3.63, 3.8) is 0 Å². The van der Waals surface area contributed by atoms with E-state index in [0.717, 1.165) is 66.5 Å². The Morgan fingerprint density at radius 1 is 0.271 bits per heavy atom. The summed E-state index contributed by atoms with van der Waals surface area (Å²) in [4.78, 5) is 0. The summed E-state index contributed by atoms with van der Waals surface area (Å²) in [6.07, 6.45) is 0. The molecule has 4 heterocycles. The third kappa shape index (κ3) is 14.6. The van der Waals surface area contributed by atoms with Crippen molar-refractivity contribution in [3.05, 3.63) is 259 Å². The number of aryl methyl sites for hydroxylation is 12.